The molecule has 0 radical (unpaired) electrons. The first-order valence-electron chi connectivity index (χ1n) is 7.03. The van der Waals surface area contributed by atoms with E-state index in [0.717, 1.165) is 30.8 Å². The van der Waals surface area contributed by atoms with E-state index in [-0.39, 0.29) is 0 Å². The Hall–Kier alpha value is -0.820. The molecule has 1 N–H and O–H groups in total. The predicted molar refractivity (Wildman–Crippen MR) is 74.1 cm³/mol. The van der Waals surface area contributed by atoms with Crippen molar-refractivity contribution in [1.82, 2.24) is 5.32 Å². The SMILES string of the molecule is CC1CCC(C)C(NCCc2ccccc2)C1. The first kappa shape index (κ1) is 12.6. The van der Waals surface area contributed by atoms with Crippen molar-refractivity contribution >= 4 is 0 Å². The van der Waals surface area contributed by atoms with Crippen molar-refractivity contribution in [1.29, 1.82) is 0 Å². The minimum Gasteiger partial charge on any atom is -0.313 e. The Balaban J connectivity index is 1.74. The predicted octanol–water partition coefficient (Wildman–Crippen LogP) is 3.64. The molecule has 0 heterocycles. The standard InChI is InChI=1S/C16H25N/c1-13-8-9-14(2)16(12-13)17-11-10-15-6-4-3-5-7-15/h3-7,13-14,16-17H,8-12H2,1-2H3. The first-order valence-corrected chi connectivity index (χ1v) is 7.03. The van der Waals surface area contributed by atoms with Crippen LogP contribution in [0.25, 0.3) is 0 Å². The third kappa shape index (κ3) is 3.85. The molecule has 1 saturated carbocycles. The van der Waals surface area contributed by atoms with E-state index in [1.165, 1.54) is 24.8 Å². The van der Waals surface area contributed by atoms with Crippen molar-refractivity contribution < 1.29 is 0 Å². The van der Waals surface area contributed by atoms with Crippen LogP contribution in [-0.4, -0.2) is 12.6 Å². The summed E-state index contributed by atoms with van der Waals surface area (Å²) in [6, 6.07) is 11.5. The van der Waals surface area contributed by atoms with E-state index in [4.69, 9.17) is 0 Å². The van der Waals surface area contributed by atoms with Gasteiger partial charge >= 0.3 is 0 Å². The molecule has 0 bridgehead atoms. The van der Waals surface area contributed by atoms with Crippen LogP contribution >= 0.6 is 0 Å². The molecule has 0 saturated heterocycles. The molecule has 0 amide bonds. The van der Waals surface area contributed by atoms with Crippen molar-refractivity contribution in [2.75, 3.05) is 6.54 Å². The van der Waals surface area contributed by atoms with Crippen molar-refractivity contribution in [3.8, 4) is 0 Å². The van der Waals surface area contributed by atoms with Gasteiger partial charge < -0.3 is 5.32 Å². The van der Waals surface area contributed by atoms with Crippen LogP contribution in [0.5, 0.6) is 0 Å². The Morgan fingerprint density at radius 1 is 1.12 bits per heavy atom. The summed E-state index contributed by atoms with van der Waals surface area (Å²) in [6.45, 7) is 5.90. The molecule has 1 aliphatic carbocycles. The molecule has 94 valence electrons. The highest BCUT2D eigenvalue weighted by Gasteiger charge is 2.24. The second kappa shape index (κ2) is 6.20. The summed E-state index contributed by atoms with van der Waals surface area (Å²) in [5, 5.41) is 3.75. The number of rotatable bonds is 4. The molecule has 1 nitrogen and oxygen atoms in total. The Morgan fingerprint density at radius 2 is 1.88 bits per heavy atom. The average molecular weight is 231 g/mol. The fourth-order valence-corrected chi connectivity index (χ4v) is 2.86. The molecule has 1 heteroatoms. The summed E-state index contributed by atoms with van der Waals surface area (Å²) >= 11 is 0. The topological polar surface area (TPSA) is 12.0 Å². The number of nitrogens with one attached hydrogen (secondary N) is 1. The normalized spacial score (nSPS) is 29.2. The number of hydrogen-bond acceptors (Lipinski definition) is 1. The minimum absolute atomic E-state index is 0.738. The van der Waals surface area contributed by atoms with Gasteiger partial charge in [0.2, 0.25) is 0 Å². The maximum Gasteiger partial charge on any atom is 0.00953 e. The van der Waals surface area contributed by atoms with Gasteiger partial charge in [0, 0.05) is 6.04 Å². The molecule has 1 aromatic carbocycles. The molecule has 1 fully saturated rings. The first-order chi connectivity index (χ1) is 8.25. The van der Waals surface area contributed by atoms with Crippen LogP contribution in [0.3, 0.4) is 0 Å². The molecule has 1 aliphatic rings. The quantitative estimate of drug-likeness (QED) is 0.834. The van der Waals surface area contributed by atoms with Gasteiger partial charge in [0.1, 0.15) is 0 Å². The van der Waals surface area contributed by atoms with Crippen LogP contribution in [0, 0.1) is 11.8 Å². The molecular formula is C16H25N. The third-order valence-corrected chi connectivity index (χ3v) is 4.12. The zero-order chi connectivity index (χ0) is 12.1. The Kier molecular flexibility index (Phi) is 4.61. The second-order valence-electron chi connectivity index (χ2n) is 5.69. The van der Waals surface area contributed by atoms with E-state index in [2.05, 4.69) is 49.5 Å². The Bertz CT molecular complexity index is 320. The van der Waals surface area contributed by atoms with Gasteiger partial charge in [-0.2, -0.15) is 0 Å². The van der Waals surface area contributed by atoms with Crippen LogP contribution in [0.15, 0.2) is 30.3 Å². The number of benzene rings is 1. The molecule has 0 aliphatic heterocycles. The molecule has 0 aromatic heterocycles. The van der Waals surface area contributed by atoms with Gasteiger partial charge in [-0.05, 0) is 43.2 Å². The van der Waals surface area contributed by atoms with Gasteiger partial charge in [-0.1, -0.05) is 50.6 Å². The molecular weight excluding hydrogens is 206 g/mol. The summed E-state index contributed by atoms with van der Waals surface area (Å²) < 4.78 is 0. The largest absolute Gasteiger partial charge is 0.313 e. The lowest BCUT2D eigenvalue weighted by Crippen LogP contribution is -2.40. The van der Waals surface area contributed by atoms with E-state index >= 15 is 0 Å². The molecule has 17 heavy (non-hydrogen) atoms. The van der Waals surface area contributed by atoms with E-state index < -0.39 is 0 Å². The van der Waals surface area contributed by atoms with Gasteiger partial charge in [-0.3, -0.25) is 0 Å². The molecule has 1 aromatic rings. The number of hydrogen-bond donors (Lipinski definition) is 1. The summed E-state index contributed by atoms with van der Waals surface area (Å²) in [5.74, 6) is 1.75. The van der Waals surface area contributed by atoms with Gasteiger partial charge in [-0.25, -0.2) is 0 Å². The maximum absolute atomic E-state index is 3.75. The lowest BCUT2D eigenvalue weighted by molar-refractivity contribution is 0.230. The second-order valence-corrected chi connectivity index (χ2v) is 5.69. The summed E-state index contributed by atoms with van der Waals surface area (Å²) in [7, 11) is 0. The van der Waals surface area contributed by atoms with Crippen LogP contribution in [0.2, 0.25) is 0 Å². The van der Waals surface area contributed by atoms with Gasteiger partial charge in [0.15, 0.2) is 0 Å². The molecule has 3 atom stereocenters. The minimum atomic E-state index is 0.738. The van der Waals surface area contributed by atoms with Crippen LogP contribution < -0.4 is 5.32 Å². The van der Waals surface area contributed by atoms with E-state index in [1.807, 2.05) is 0 Å². The van der Waals surface area contributed by atoms with E-state index in [9.17, 15) is 0 Å². The molecule has 2 rings (SSSR count). The smallest absolute Gasteiger partial charge is 0.00953 e. The molecule has 3 unspecified atom stereocenters. The summed E-state index contributed by atoms with van der Waals surface area (Å²) in [4.78, 5) is 0. The van der Waals surface area contributed by atoms with Crippen molar-refractivity contribution in [3.63, 3.8) is 0 Å². The monoisotopic (exact) mass is 231 g/mol. The highest BCUT2D eigenvalue weighted by Crippen LogP contribution is 2.28. The summed E-state index contributed by atoms with van der Waals surface area (Å²) in [5.41, 5.74) is 1.44. The molecule has 0 spiro atoms. The lowest BCUT2D eigenvalue weighted by Gasteiger charge is -2.33. The van der Waals surface area contributed by atoms with E-state index in [1.54, 1.807) is 0 Å². The fraction of sp³-hybridized carbons (Fsp3) is 0.625. The maximum atomic E-state index is 3.75. The average Bonchev–Trinajstić information content (AvgIpc) is 2.35. The van der Waals surface area contributed by atoms with Crippen LogP contribution in [-0.2, 0) is 6.42 Å². The Labute approximate surface area is 106 Å². The van der Waals surface area contributed by atoms with Gasteiger partial charge in [0.25, 0.3) is 0 Å². The van der Waals surface area contributed by atoms with Crippen molar-refractivity contribution in [2.45, 2.75) is 45.6 Å². The summed E-state index contributed by atoms with van der Waals surface area (Å²) in [6.07, 6.45) is 5.32. The highest BCUT2D eigenvalue weighted by atomic mass is 14.9. The third-order valence-electron chi connectivity index (χ3n) is 4.12. The van der Waals surface area contributed by atoms with Gasteiger partial charge in [0.05, 0.1) is 0 Å². The van der Waals surface area contributed by atoms with E-state index in [0.29, 0.717) is 0 Å². The van der Waals surface area contributed by atoms with Crippen molar-refractivity contribution in [2.24, 2.45) is 11.8 Å². The zero-order valence-electron chi connectivity index (χ0n) is 11.2. The zero-order valence-corrected chi connectivity index (χ0v) is 11.2. The van der Waals surface area contributed by atoms with Crippen molar-refractivity contribution in [3.05, 3.63) is 35.9 Å². The van der Waals surface area contributed by atoms with Crippen LogP contribution in [0.4, 0.5) is 0 Å². The lowest BCUT2D eigenvalue weighted by atomic mass is 9.80. The highest BCUT2D eigenvalue weighted by molar-refractivity contribution is 5.14. The van der Waals surface area contributed by atoms with Gasteiger partial charge in [-0.15, -0.1) is 0 Å². The van der Waals surface area contributed by atoms with Crippen LogP contribution in [0.1, 0.15) is 38.7 Å². The fourth-order valence-electron chi connectivity index (χ4n) is 2.86. The Morgan fingerprint density at radius 3 is 2.65 bits per heavy atom.